The van der Waals surface area contributed by atoms with Crippen molar-refractivity contribution in [3.8, 4) is 0 Å². The highest BCUT2D eigenvalue weighted by Crippen LogP contribution is 2.27. The van der Waals surface area contributed by atoms with Gasteiger partial charge in [-0.15, -0.1) is 0 Å². The van der Waals surface area contributed by atoms with Gasteiger partial charge >= 0.3 is 0 Å². The van der Waals surface area contributed by atoms with Crippen LogP contribution in [0.5, 0.6) is 0 Å². The van der Waals surface area contributed by atoms with E-state index < -0.39 is 9.84 Å². The maximum Gasteiger partial charge on any atom is 0.152 e. The van der Waals surface area contributed by atoms with E-state index >= 15 is 0 Å². The van der Waals surface area contributed by atoms with Crippen LogP contribution in [-0.4, -0.2) is 30.9 Å². The first-order valence-electron chi connectivity index (χ1n) is 5.85. The molecule has 0 spiro atoms. The number of nitrogens with zero attached hydrogens (tertiary/aromatic N) is 1. The highest BCUT2D eigenvalue weighted by Gasteiger charge is 2.34. The molecule has 1 aliphatic carbocycles. The molecule has 2 unspecified atom stereocenters. The van der Waals surface area contributed by atoms with Crippen LogP contribution in [0.25, 0.3) is 0 Å². The molecule has 1 saturated carbocycles. The van der Waals surface area contributed by atoms with Crippen molar-refractivity contribution in [2.24, 2.45) is 0 Å². The largest absolute Gasteiger partial charge is 0.380 e. The molecule has 2 atom stereocenters. The fourth-order valence-electron chi connectivity index (χ4n) is 2.37. The van der Waals surface area contributed by atoms with Crippen LogP contribution in [0, 0.1) is 6.92 Å². The summed E-state index contributed by atoms with van der Waals surface area (Å²) in [6.07, 6.45) is 5.72. The van der Waals surface area contributed by atoms with Crippen molar-refractivity contribution in [1.82, 2.24) is 4.98 Å². The van der Waals surface area contributed by atoms with Gasteiger partial charge in [0.05, 0.1) is 17.1 Å². The maximum atomic E-state index is 11.6. The third kappa shape index (κ3) is 2.97. The van der Waals surface area contributed by atoms with Crippen LogP contribution < -0.4 is 5.32 Å². The predicted molar refractivity (Wildman–Crippen MR) is 68.9 cm³/mol. The number of aromatic nitrogens is 1. The molecule has 94 valence electrons. The molecule has 17 heavy (non-hydrogen) atoms. The lowest BCUT2D eigenvalue weighted by Crippen LogP contribution is -2.34. The first-order valence-corrected chi connectivity index (χ1v) is 7.80. The van der Waals surface area contributed by atoms with Gasteiger partial charge in [0, 0.05) is 18.0 Å². The lowest BCUT2D eigenvalue weighted by molar-refractivity contribution is 0.579. The van der Waals surface area contributed by atoms with Crippen LogP contribution in [0.4, 0.5) is 5.69 Å². The Balaban J connectivity index is 2.11. The summed E-state index contributed by atoms with van der Waals surface area (Å²) < 4.78 is 23.3. The Kier molecular flexibility index (Phi) is 3.38. The van der Waals surface area contributed by atoms with Crippen LogP contribution >= 0.6 is 0 Å². The van der Waals surface area contributed by atoms with Crippen LogP contribution in [0.1, 0.15) is 25.0 Å². The van der Waals surface area contributed by atoms with Gasteiger partial charge < -0.3 is 5.32 Å². The normalized spacial score (nSPS) is 24.8. The van der Waals surface area contributed by atoms with Crippen molar-refractivity contribution in [2.75, 3.05) is 11.6 Å². The molecule has 0 aliphatic heterocycles. The molecule has 2 rings (SSSR count). The quantitative estimate of drug-likeness (QED) is 0.893. The molecule has 1 fully saturated rings. The smallest absolute Gasteiger partial charge is 0.152 e. The number of aryl methyl sites for hydroxylation is 1. The van der Waals surface area contributed by atoms with Crippen molar-refractivity contribution in [2.45, 2.75) is 37.5 Å². The van der Waals surface area contributed by atoms with Gasteiger partial charge in [-0.2, -0.15) is 0 Å². The Hall–Kier alpha value is -1.10. The van der Waals surface area contributed by atoms with Crippen molar-refractivity contribution in [1.29, 1.82) is 0 Å². The lowest BCUT2D eigenvalue weighted by Gasteiger charge is -2.20. The average molecular weight is 254 g/mol. The third-order valence-corrected chi connectivity index (χ3v) is 4.93. The molecule has 0 amide bonds. The summed E-state index contributed by atoms with van der Waals surface area (Å²) in [5, 5.41) is 3.02. The number of rotatable bonds is 3. The minimum atomic E-state index is -2.96. The number of nitrogens with one attached hydrogen (secondary N) is 1. The van der Waals surface area contributed by atoms with Gasteiger partial charge in [-0.05, 0) is 38.3 Å². The van der Waals surface area contributed by atoms with E-state index in [0.717, 1.165) is 30.6 Å². The highest BCUT2D eigenvalue weighted by molar-refractivity contribution is 7.91. The van der Waals surface area contributed by atoms with Crippen LogP contribution in [0.2, 0.25) is 0 Å². The molecule has 5 heteroatoms. The molecule has 1 heterocycles. The van der Waals surface area contributed by atoms with Gasteiger partial charge in [0.1, 0.15) is 0 Å². The summed E-state index contributed by atoms with van der Waals surface area (Å²) in [4.78, 5) is 4.20. The predicted octanol–water partition coefficient (Wildman–Crippen LogP) is 1.77. The van der Waals surface area contributed by atoms with Crippen molar-refractivity contribution in [3.05, 3.63) is 24.0 Å². The summed E-state index contributed by atoms with van der Waals surface area (Å²) in [7, 11) is -2.96. The molecule has 1 aromatic heterocycles. The Morgan fingerprint density at radius 1 is 1.35 bits per heavy atom. The molecular weight excluding hydrogens is 236 g/mol. The summed E-state index contributed by atoms with van der Waals surface area (Å²) in [6.45, 7) is 1.93. The second kappa shape index (κ2) is 4.64. The minimum absolute atomic E-state index is 0.0227. The van der Waals surface area contributed by atoms with Crippen LogP contribution in [0.15, 0.2) is 18.3 Å². The monoisotopic (exact) mass is 254 g/mol. The van der Waals surface area contributed by atoms with Crippen molar-refractivity contribution >= 4 is 15.5 Å². The molecular formula is C12H18N2O2S. The fraction of sp³-hybridized carbons (Fsp3) is 0.583. The number of hydrogen-bond acceptors (Lipinski definition) is 4. The van der Waals surface area contributed by atoms with E-state index in [-0.39, 0.29) is 11.3 Å². The molecule has 1 aromatic rings. The van der Waals surface area contributed by atoms with Crippen LogP contribution in [-0.2, 0) is 9.84 Å². The Labute approximate surface area is 102 Å². The summed E-state index contributed by atoms with van der Waals surface area (Å²) in [5.41, 5.74) is 1.86. The Morgan fingerprint density at radius 2 is 2.12 bits per heavy atom. The summed E-state index contributed by atoms with van der Waals surface area (Å²) >= 11 is 0. The number of anilines is 1. The first kappa shape index (κ1) is 12.4. The molecule has 1 N–H and O–H groups in total. The standard InChI is InChI=1S/C12H18N2O2S/c1-9-6-7-10(8-13-9)14-11-4-3-5-12(11)17(2,15)16/h6-8,11-12,14H,3-5H2,1-2H3. The zero-order valence-electron chi connectivity index (χ0n) is 10.2. The van der Waals surface area contributed by atoms with E-state index in [1.165, 1.54) is 6.26 Å². The van der Waals surface area contributed by atoms with E-state index in [1.54, 1.807) is 6.20 Å². The summed E-state index contributed by atoms with van der Waals surface area (Å²) in [6, 6.07) is 3.89. The second-order valence-electron chi connectivity index (χ2n) is 4.74. The van der Waals surface area contributed by atoms with E-state index in [9.17, 15) is 8.42 Å². The van der Waals surface area contributed by atoms with E-state index in [2.05, 4.69) is 10.3 Å². The van der Waals surface area contributed by atoms with E-state index in [0.29, 0.717) is 0 Å². The van der Waals surface area contributed by atoms with Gasteiger partial charge in [-0.1, -0.05) is 0 Å². The first-order chi connectivity index (χ1) is 7.97. The molecule has 0 bridgehead atoms. The van der Waals surface area contributed by atoms with Gasteiger partial charge in [-0.3, -0.25) is 4.98 Å². The van der Waals surface area contributed by atoms with Gasteiger partial charge in [0.15, 0.2) is 9.84 Å². The lowest BCUT2D eigenvalue weighted by atomic mass is 10.2. The zero-order valence-corrected chi connectivity index (χ0v) is 11.0. The molecule has 1 aliphatic rings. The topological polar surface area (TPSA) is 59.1 Å². The Morgan fingerprint density at radius 3 is 2.71 bits per heavy atom. The Bertz CT molecular complexity index is 482. The maximum absolute atomic E-state index is 11.6. The average Bonchev–Trinajstić information content (AvgIpc) is 2.69. The molecule has 0 radical (unpaired) electrons. The van der Waals surface area contributed by atoms with Crippen LogP contribution in [0.3, 0.4) is 0 Å². The molecule has 0 aromatic carbocycles. The van der Waals surface area contributed by atoms with Gasteiger partial charge in [0.2, 0.25) is 0 Å². The SMILES string of the molecule is Cc1ccc(NC2CCCC2S(C)(=O)=O)cn1. The van der Waals surface area contributed by atoms with Gasteiger partial charge in [-0.25, -0.2) is 8.42 Å². The zero-order chi connectivity index (χ0) is 12.5. The third-order valence-electron chi connectivity index (χ3n) is 3.27. The molecule has 4 nitrogen and oxygen atoms in total. The van der Waals surface area contributed by atoms with Crippen molar-refractivity contribution in [3.63, 3.8) is 0 Å². The number of pyridine rings is 1. The highest BCUT2D eigenvalue weighted by atomic mass is 32.2. The van der Waals surface area contributed by atoms with E-state index in [1.807, 2.05) is 19.1 Å². The number of hydrogen-bond donors (Lipinski definition) is 1. The molecule has 0 saturated heterocycles. The second-order valence-corrected chi connectivity index (χ2v) is 7.00. The van der Waals surface area contributed by atoms with Crippen molar-refractivity contribution < 1.29 is 8.42 Å². The number of sulfone groups is 1. The minimum Gasteiger partial charge on any atom is -0.380 e. The van der Waals surface area contributed by atoms with Gasteiger partial charge in [0.25, 0.3) is 0 Å². The van der Waals surface area contributed by atoms with E-state index in [4.69, 9.17) is 0 Å². The fourth-order valence-corrected chi connectivity index (χ4v) is 3.77. The summed E-state index contributed by atoms with van der Waals surface area (Å²) in [5.74, 6) is 0.